The van der Waals surface area contributed by atoms with Gasteiger partial charge >= 0.3 is 0 Å². The summed E-state index contributed by atoms with van der Waals surface area (Å²) in [6.07, 6.45) is 0. The maximum atomic E-state index is 12.6. The van der Waals surface area contributed by atoms with Crippen molar-refractivity contribution in [1.82, 2.24) is 4.90 Å². The Morgan fingerprint density at radius 3 is 2.20 bits per heavy atom. The summed E-state index contributed by atoms with van der Waals surface area (Å²) in [6, 6.07) is 25.7. The summed E-state index contributed by atoms with van der Waals surface area (Å²) >= 11 is 0. The summed E-state index contributed by atoms with van der Waals surface area (Å²) in [5, 5.41) is 5.67. The second-order valence-corrected chi connectivity index (χ2v) is 6.81. The van der Waals surface area contributed by atoms with Gasteiger partial charge in [-0.3, -0.25) is 14.5 Å². The molecule has 0 saturated carbocycles. The molecule has 0 spiro atoms. The molecule has 3 aromatic rings. The van der Waals surface area contributed by atoms with Crippen LogP contribution in [0, 0.1) is 0 Å². The Morgan fingerprint density at radius 2 is 1.47 bits per heavy atom. The highest BCUT2D eigenvalue weighted by Crippen LogP contribution is 2.17. The van der Waals surface area contributed by atoms with Crippen LogP contribution in [0.2, 0.25) is 0 Å². The van der Waals surface area contributed by atoms with Gasteiger partial charge in [-0.15, -0.1) is 0 Å². The number of likely N-dealkylation sites (N-methyl/N-ethyl adjacent to an activating group) is 1. The topological polar surface area (TPSA) is 70.7 Å². The fourth-order valence-electron chi connectivity index (χ4n) is 2.86. The van der Waals surface area contributed by atoms with Gasteiger partial charge in [-0.2, -0.15) is 0 Å². The van der Waals surface area contributed by atoms with Crippen LogP contribution in [0.4, 0.5) is 11.4 Å². The Bertz CT molecular complexity index is 962. The molecule has 0 aromatic heterocycles. The van der Waals surface area contributed by atoms with E-state index in [1.54, 1.807) is 24.3 Å². The molecule has 0 aliphatic carbocycles. The van der Waals surface area contributed by atoms with E-state index in [0.717, 1.165) is 5.75 Å². The first-order chi connectivity index (χ1) is 14.6. The molecule has 0 aliphatic heterocycles. The molecule has 0 aliphatic rings. The molecule has 0 fully saturated rings. The number of nitrogens with one attached hydrogen (secondary N) is 2. The van der Waals surface area contributed by atoms with Gasteiger partial charge in [0.05, 0.1) is 17.8 Å². The maximum Gasteiger partial charge on any atom is 0.257 e. The minimum atomic E-state index is -0.276. The Labute approximate surface area is 176 Å². The molecule has 0 atom stereocenters. The van der Waals surface area contributed by atoms with E-state index in [0.29, 0.717) is 30.1 Å². The Morgan fingerprint density at radius 1 is 0.833 bits per heavy atom. The third kappa shape index (κ3) is 6.46. The Balaban J connectivity index is 1.51. The van der Waals surface area contributed by atoms with Crippen LogP contribution in [0.5, 0.6) is 5.75 Å². The number of para-hydroxylation sites is 3. The lowest BCUT2D eigenvalue weighted by atomic mass is 10.1. The zero-order valence-corrected chi connectivity index (χ0v) is 16.9. The zero-order valence-electron chi connectivity index (χ0n) is 16.9. The van der Waals surface area contributed by atoms with Crippen LogP contribution in [0.1, 0.15) is 10.4 Å². The van der Waals surface area contributed by atoms with Gasteiger partial charge in [0, 0.05) is 12.2 Å². The van der Waals surface area contributed by atoms with Gasteiger partial charge in [0.15, 0.2) is 0 Å². The van der Waals surface area contributed by atoms with Crippen LogP contribution in [0.15, 0.2) is 84.9 Å². The van der Waals surface area contributed by atoms with Gasteiger partial charge in [-0.25, -0.2) is 0 Å². The summed E-state index contributed by atoms with van der Waals surface area (Å²) in [6.45, 7) is 1.26. The second kappa shape index (κ2) is 10.8. The molecule has 0 unspecified atom stereocenters. The highest BCUT2D eigenvalue weighted by molar-refractivity contribution is 6.10. The third-order valence-electron chi connectivity index (χ3n) is 4.38. The van der Waals surface area contributed by atoms with Crippen molar-refractivity contribution < 1.29 is 14.3 Å². The van der Waals surface area contributed by atoms with Crippen LogP contribution in [-0.2, 0) is 4.79 Å². The minimum Gasteiger partial charge on any atom is -0.492 e. The van der Waals surface area contributed by atoms with Crippen LogP contribution in [-0.4, -0.2) is 43.5 Å². The maximum absolute atomic E-state index is 12.6. The van der Waals surface area contributed by atoms with E-state index in [9.17, 15) is 9.59 Å². The van der Waals surface area contributed by atoms with Gasteiger partial charge in [0.25, 0.3) is 5.91 Å². The highest BCUT2D eigenvalue weighted by Gasteiger charge is 2.14. The van der Waals surface area contributed by atoms with Gasteiger partial charge < -0.3 is 15.4 Å². The number of hydrogen-bond donors (Lipinski definition) is 2. The van der Waals surface area contributed by atoms with Crippen LogP contribution < -0.4 is 15.4 Å². The van der Waals surface area contributed by atoms with E-state index in [2.05, 4.69) is 10.6 Å². The molecule has 6 nitrogen and oxygen atoms in total. The predicted molar refractivity (Wildman–Crippen MR) is 119 cm³/mol. The van der Waals surface area contributed by atoms with Crippen molar-refractivity contribution in [2.45, 2.75) is 0 Å². The number of rotatable bonds is 9. The van der Waals surface area contributed by atoms with Crippen LogP contribution in [0.3, 0.4) is 0 Å². The number of nitrogens with zero attached hydrogens (tertiary/aromatic N) is 1. The van der Waals surface area contributed by atoms with Crippen molar-refractivity contribution in [2.24, 2.45) is 0 Å². The summed E-state index contributed by atoms with van der Waals surface area (Å²) in [4.78, 5) is 27.0. The molecule has 3 rings (SSSR count). The second-order valence-electron chi connectivity index (χ2n) is 6.81. The molecule has 0 heterocycles. The average Bonchev–Trinajstić information content (AvgIpc) is 2.75. The van der Waals surface area contributed by atoms with Crippen molar-refractivity contribution in [1.29, 1.82) is 0 Å². The lowest BCUT2D eigenvalue weighted by Crippen LogP contribution is -2.33. The van der Waals surface area contributed by atoms with E-state index >= 15 is 0 Å². The van der Waals surface area contributed by atoms with Gasteiger partial charge in [-0.05, 0) is 43.4 Å². The number of carbonyl (C=O) groups is 2. The first-order valence-electron chi connectivity index (χ1n) is 9.73. The lowest BCUT2D eigenvalue weighted by Gasteiger charge is -2.17. The summed E-state index contributed by atoms with van der Waals surface area (Å²) in [5.74, 6) is 0.326. The summed E-state index contributed by atoms with van der Waals surface area (Å²) < 4.78 is 5.66. The van der Waals surface area contributed by atoms with Crippen molar-refractivity contribution in [3.63, 3.8) is 0 Å². The summed E-state index contributed by atoms with van der Waals surface area (Å²) in [7, 11) is 1.85. The standard InChI is InChI=1S/C24H25N3O3/c1-27(16-17-30-20-12-6-3-7-13-20)18-23(28)26-22-15-9-8-14-21(22)24(29)25-19-10-4-2-5-11-19/h2-15H,16-18H2,1H3,(H,25,29)(H,26,28). The summed E-state index contributed by atoms with van der Waals surface area (Å²) in [5.41, 5.74) is 1.58. The quantitative estimate of drug-likeness (QED) is 0.569. The number of carbonyl (C=O) groups excluding carboxylic acids is 2. The van der Waals surface area contributed by atoms with Crippen LogP contribution in [0.25, 0.3) is 0 Å². The lowest BCUT2D eigenvalue weighted by molar-refractivity contribution is -0.117. The normalized spacial score (nSPS) is 10.5. The van der Waals surface area contributed by atoms with Crippen LogP contribution >= 0.6 is 0 Å². The smallest absolute Gasteiger partial charge is 0.257 e. The van der Waals surface area contributed by atoms with Gasteiger partial charge in [-0.1, -0.05) is 48.5 Å². The number of hydrogen-bond acceptors (Lipinski definition) is 4. The van der Waals surface area contributed by atoms with Crippen molar-refractivity contribution in [2.75, 3.05) is 37.4 Å². The van der Waals surface area contributed by atoms with E-state index in [4.69, 9.17) is 4.74 Å². The molecule has 30 heavy (non-hydrogen) atoms. The van der Waals surface area contributed by atoms with E-state index < -0.39 is 0 Å². The molecular formula is C24H25N3O3. The molecule has 0 radical (unpaired) electrons. The molecular weight excluding hydrogens is 378 g/mol. The average molecular weight is 403 g/mol. The first kappa shape index (κ1) is 21.1. The van der Waals surface area contributed by atoms with Crippen molar-refractivity contribution in [3.8, 4) is 5.75 Å². The number of anilines is 2. The molecule has 6 heteroatoms. The van der Waals surface area contributed by atoms with Gasteiger partial charge in [0.1, 0.15) is 12.4 Å². The van der Waals surface area contributed by atoms with Crippen molar-refractivity contribution in [3.05, 3.63) is 90.5 Å². The molecule has 2 N–H and O–H groups in total. The fourth-order valence-corrected chi connectivity index (χ4v) is 2.86. The number of benzene rings is 3. The first-order valence-corrected chi connectivity index (χ1v) is 9.73. The fraction of sp³-hybridized carbons (Fsp3) is 0.167. The molecule has 3 aromatic carbocycles. The molecule has 2 amide bonds. The van der Waals surface area contributed by atoms with Crippen molar-refractivity contribution >= 4 is 23.2 Å². The van der Waals surface area contributed by atoms with E-state index in [1.807, 2.05) is 72.6 Å². The monoisotopic (exact) mass is 403 g/mol. The minimum absolute atomic E-state index is 0.187. The molecule has 0 bridgehead atoms. The molecule has 154 valence electrons. The Kier molecular flexibility index (Phi) is 7.58. The largest absolute Gasteiger partial charge is 0.492 e. The van der Waals surface area contributed by atoms with E-state index in [1.165, 1.54) is 0 Å². The SMILES string of the molecule is CN(CCOc1ccccc1)CC(=O)Nc1ccccc1C(=O)Nc1ccccc1. The highest BCUT2D eigenvalue weighted by atomic mass is 16.5. The van der Waals surface area contributed by atoms with Gasteiger partial charge in [0.2, 0.25) is 5.91 Å². The number of amides is 2. The predicted octanol–water partition coefficient (Wildman–Crippen LogP) is 3.89. The van der Waals surface area contributed by atoms with E-state index in [-0.39, 0.29) is 18.4 Å². The molecule has 0 saturated heterocycles. The zero-order chi connectivity index (χ0) is 21.2. The Hall–Kier alpha value is -3.64. The number of ether oxygens (including phenoxy) is 1. The third-order valence-corrected chi connectivity index (χ3v) is 4.38.